The van der Waals surface area contributed by atoms with Gasteiger partial charge in [-0.05, 0) is 39.8 Å². The molecule has 1 saturated heterocycles. The number of amides is 1. The van der Waals surface area contributed by atoms with Crippen LogP contribution < -0.4 is 4.90 Å². The van der Waals surface area contributed by atoms with Crippen LogP contribution in [0.5, 0.6) is 0 Å². The highest BCUT2D eigenvalue weighted by atomic mass is 16.6. The van der Waals surface area contributed by atoms with Gasteiger partial charge in [0.15, 0.2) is 0 Å². The predicted octanol–water partition coefficient (Wildman–Crippen LogP) is 2.40. The molecule has 0 saturated carbocycles. The summed E-state index contributed by atoms with van der Waals surface area (Å²) in [6, 6.07) is 5.75. The maximum Gasteiger partial charge on any atom is 0.410 e. The fraction of sp³-hybridized carbons (Fsp3) is 0.562. The molecule has 0 radical (unpaired) electrons. The Morgan fingerprint density at radius 1 is 1.45 bits per heavy atom. The van der Waals surface area contributed by atoms with Crippen molar-refractivity contribution < 1.29 is 9.53 Å². The number of anilines is 1. The van der Waals surface area contributed by atoms with E-state index < -0.39 is 5.60 Å². The number of hydrogen-bond donors (Lipinski definition) is 0. The molecule has 1 amide bonds. The van der Waals surface area contributed by atoms with Crippen molar-refractivity contribution in [3.63, 3.8) is 0 Å². The third-order valence-corrected chi connectivity index (χ3v) is 3.46. The Balaban J connectivity index is 2.08. The second-order valence-corrected chi connectivity index (χ2v) is 6.46. The quantitative estimate of drug-likeness (QED) is 0.796. The minimum absolute atomic E-state index is 0.0725. The van der Waals surface area contributed by atoms with Gasteiger partial charge in [-0.2, -0.15) is 5.26 Å². The number of rotatable bonds is 1. The van der Waals surface area contributed by atoms with Gasteiger partial charge in [-0.1, -0.05) is 0 Å². The standard InChI is InChI=1S/C16H22N4O2/c1-12-11-19(15(21)22-16(2,3)4)8-9-20(12)14-13(10-17)6-5-7-18-14/h5-7,12H,8-9,11H2,1-4H3. The molecule has 1 aliphatic rings. The molecule has 1 aromatic heterocycles. The summed E-state index contributed by atoms with van der Waals surface area (Å²) in [7, 11) is 0. The lowest BCUT2D eigenvalue weighted by atomic mass is 10.1. The summed E-state index contributed by atoms with van der Waals surface area (Å²) >= 11 is 0. The van der Waals surface area contributed by atoms with Crippen molar-refractivity contribution in [1.29, 1.82) is 5.26 Å². The summed E-state index contributed by atoms with van der Waals surface area (Å²) < 4.78 is 5.41. The first-order valence-corrected chi connectivity index (χ1v) is 7.41. The second kappa shape index (κ2) is 6.22. The van der Waals surface area contributed by atoms with Crippen molar-refractivity contribution in [2.75, 3.05) is 24.5 Å². The second-order valence-electron chi connectivity index (χ2n) is 6.46. The topological polar surface area (TPSA) is 69.5 Å². The van der Waals surface area contributed by atoms with Gasteiger partial charge in [-0.15, -0.1) is 0 Å². The van der Waals surface area contributed by atoms with Gasteiger partial charge in [-0.25, -0.2) is 9.78 Å². The van der Waals surface area contributed by atoms with Crippen molar-refractivity contribution >= 4 is 11.9 Å². The number of ether oxygens (including phenoxy) is 1. The van der Waals surface area contributed by atoms with E-state index in [0.29, 0.717) is 31.0 Å². The van der Waals surface area contributed by atoms with Crippen LogP contribution in [0.3, 0.4) is 0 Å². The smallest absolute Gasteiger partial charge is 0.410 e. The van der Waals surface area contributed by atoms with Gasteiger partial charge in [0, 0.05) is 31.9 Å². The van der Waals surface area contributed by atoms with Gasteiger partial charge in [0.1, 0.15) is 17.5 Å². The third kappa shape index (κ3) is 3.67. The van der Waals surface area contributed by atoms with Crippen LogP contribution in [0.4, 0.5) is 10.6 Å². The zero-order valence-electron chi connectivity index (χ0n) is 13.5. The summed E-state index contributed by atoms with van der Waals surface area (Å²) in [5.74, 6) is 0.682. The van der Waals surface area contributed by atoms with Crippen LogP contribution in [0.15, 0.2) is 18.3 Å². The van der Waals surface area contributed by atoms with Crippen LogP contribution in [0.1, 0.15) is 33.3 Å². The fourth-order valence-corrected chi connectivity index (χ4v) is 2.48. The van der Waals surface area contributed by atoms with Gasteiger partial charge < -0.3 is 14.5 Å². The largest absolute Gasteiger partial charge is 0.444 e. The zero-order valence-corrected chi connectivity index (χ0v) is 13.5. The Bertz CT molecular complexity index is 589. The molecule has 2 heterocycles. The molecule has 0 N–H and O–H groups in total. The first kappa shape index (κ1) is 16.1. The Labute approximate surface area is 131 Å². The van der Waals surface area contributed by atoms with E-state index in [2.05, 4.69) is 16.0 Å². The van der Waals surface area contributed by atoms with Gasteiger partial charge in [0.05, 0.1) is 5.56 Å². The highest BCUT2D eigenvalue weighted by Gasteiger charge is 2.31. The molecule has 118 valence electrons. The first-order chi connectivity index (χ1) is 10.3. The molecule has 0 spiro atoms. The fourth-order valence-electron chi connectivity index (χ4n) is 2.48. The molecule has 22 heavy (non-hydrogen) atoms. The predicted molar refractivity (Wildman–Crippen MR) is 83.6 cm³/mol. The molecular weight excluding hydrogens is 280 g/mol. The Hall–Kier alpha value is -2.29. The van der Waals surface area contributed by atoms with E-state index in [4.69, 9.17) is 4.74 Å². The highest BCUT2D eigenvalue weighted by molar-refractivity contribution is 5.69. The number of hydrogen-bond acceptors (Lipinski definition) is 5. The lowest BCUT2D eigenvalue weighted by molar-refractivity contribution is 0.0218. The van der Waals surface area contributed by atoms with E-state index in [1.165, 1.54) is 0 Å². The molecule has 6 heteroatoms. The van der Waals surface area contributed by atoms with E-state index in [1.807, 2.05) is 27.7 Å². The van der Waals surface area contributed by atoms with Crippen molar-refractivity contribution in [2.45, 2.75) is 39.3 Å². The van der Waals surface area contributed by atoms with Crippen LogP contribution in [-0.4, -0.2) is 47.3 Å². The summed E-state index contributed by atoms with van der Waals surface area (Å²) in [5, 5.41) is 9.20. The number of piperazine rings is 1. The average molecular weight is 302 g/mol. The minimum atomic E-state index is -0.494. The minimum Gasteiger partial charge on any atom is -0.444 e. The Morgan fingerprint density at radius 3 is 2.77 bits per heavy atom. The summed E-state index contributed by atoms with van der Waals surface area (Å²) in [6.45, 7) is 9.34. The van der Waals surface area contributed by atoms with Crippen LogP contribution in [-0.2, 0) is 4.74 Å². The SMILES string of the molecule is CC1CN(C(=O)OC(C)(C)C)CCN1c1ncccc1C#N. The normalized spacial score (nSPS) is 18.8. The molecule has 1 unspecified atom stereocenters. The third-order valence-electron chi connectivity index (χ3n) is 3.46. The molecule has 1 fully saturated rings. The van der Waals surface area contributed by atoms with Crippen molar-refractivity contribution in [1.82, 2.24) is 9.88 Å². The average Bonchev–Trinajstić information content (AvgIpc) is 2.45. The maximum absolute atomic E-state index is 12.1. The molecule has 1 aromatic rings. The Morgan fingerprint density at radius 2 is 2.18 bits per heavy atom. The first-order valence-electron chi connectivity index (χ1n) is 7.41. The van der Waals surface area contributed by atoms with Crippen LogP contribution in [0, 0.1) is 11.3 Å². The van der Waals surface area contributed by atoms with Gasteiger partial charge in [-0.3, -0.25) is 0 Å². The van der Waals surface area contributed by atoms with E-state index in [0.717, 1.165) is 0 Å². The maximum atomic E-state index is 12.1. The number of pyridine rings is 1. The van der Waals surface area contributed by atoms with Crippen LogP contribution >= 0.6 is 0 Å². The van der Waals surface area contributed by atoms with Gasteiger partial charge in [0.2, 0.25) is 0 Å². The number of carbonyl (C=O) groups is 1. The number of carbonyl (C=O) groups excluding carboxylic acids is 1. The molecule has 0 aliphatic carbocycles. The number of nitrogens with zero attached hydrogens (tertiary/aromatic N) is 4. The van der Waals surface area contributed by atoms with E-state index in [9.17, 15) is 10.1 Å². The lowest BCUT2D eigenvalue weighted by Gasteiger charge is -2.41. The molecular formula is C16H22N4O2. The van der Waals surface area contributed by atoms with Crippen molar-refractivity contribution in [2.24, 2.45) is 0 Å². The summed E-state index contributed by atoms with van der Waals surface area (Å²) in [6.07, 6.45) is 1.39. The number of nitriles is 1. The van der Waals surface area contributed by atoms with E-state index in [1.54, 1.807) is 23.2 Å². The summed E-state index contributed by atoms with van der Waals surface area (Å²) in [5.41, 5.74) is 0.0620. The van der Waals surface area contributed by atoms with Crippen LogP contribution in [0.25, 0.3) is 0 Å². The molecule has 6 nitrogen and oxygen atoms in total. The van der Waals surface area contributed by atoms with Gasteiger partial charge in [0.25, 0.3) is 0 Å². The molecule has 2 rings (SSSR count). The molecule has 0 bridgehead atoms. The number of aromatic nitrogens is 1. The van der Waals surface area contributed by atoms with Crippen molar-refractivity contribution in [3.8, 4) is 6.07 Å². The zero-order chi connectivity index (χ0) is 16.3. The van der Waals surface area contributed by atoms with Gasteiger partial charge >= 0.3 is 6.09 Å². The Kier molecular flexibility index (Phi) is 4.55. The van der Waals surface area contributed by atoms with E-state index >= 15 is 0 Å². The van der Waals surface area contributed by atoms with Crippen LogP contribution in [0.2, 0.25) is 0 Å². The summed E-state index contributed by atoms with van der Waals surface area (Å²) in [4.78, 5) is 20.2. The molecule has 0 aromatic carbocycles. The lowest BCUT2D eigenvalue weighted by Crippen LogP contribution is -2.55. The molecule has 1 atom stereocenters. The highest BCUT2D eigenvalue weighted by Crippen LogP contribution is 2.22. The monoisotopic (exact) mass is 302 g/mol. The van der Waals surface area contributed by atoms with Crippen molar-refractivity contribution in [3.05, 3.63) is 23.9 Å². The molecule has 1 aliphatic heterocycles. The van der Waals surface area contributed by atoms with E-state index in [-0.39, 0.29) is 12.1 Å².